The number of halogens is 2. The number of rotatable bonds is 10. The van der Waals surface area contributed by atoms with Gasteiger partial charge < -0.3 is 24.6 Å². The van der Waals surface area contributed by atoms with Crippen molar-refractivity contribution in [3.8, 4) is 5.75 Å². The summed E-state index contributed by atoms with van der Waals surface area (Å²) in [7, 11) is 1.35. The first-order valence-electron chi connectivity index (χ1n) is 10.7. The van der Waals surface area contributed by atoms with E-state index in [1.165, 1.54) is 14.0 Å². The number of amides is 1. The van der Waals surface area contributed by atoms with Crippen LogP contribution in [0.3, 0.4) is 0 Å². The van der Waals surface area contributed by atoms with Crippen LogP contribution >= 0.6 is 24.0 Å². The monoisotopic (exact) mass is 512 g/mol. The molecular formula is C24H30Cl2N2O6. The summed E-state index contributed by atoms with van der Waals surface area (Å²) in [5.74, 6) is -0.118. The number of ether oxygens (including phenoxy) is 3. The smallest absolute Gasteiger partial charge is 0.323 e. The van der Waals surface area contributed by atoms with E-state index in [9.17, 15) is 14.7 Å². The molecule has 34 heavy (non-hydrogen) atoms. The Bertz CT molecular complexity index is 943. The second-order valence-electron chi connectivity index (χ2n) is 7.93. The first kappa shape index (κ1) is 27.9. The molecule has 0 saturated carbocycles. The molecule has 1 saturated heterocycles. The quantitative estimate of drug-likeness (QED) is 0.471. The van der Waals surface area contributed by atoms with Crippen LogP contribution in [0.1, 0.15) is 18.9 Å². The van der Waals surface area contributed by atoms with Crippen LogP contribution in [-0.2, 0) is 25.7 Å². The highest BCUT2D eigenvalue weighted by atomic mass is 35.5. The second kappa shape index (κ2) is 13.5. The fourth-order valence-electron chi connectivity index (χ4n) is 3.75. The molecule has 1 amide bonds. The number of β-amino-alcohol motifs (C(OH)–C–C–N with tert-alkyl or cyclic N) is 1. The van der Waals surface area contributed by atoms with E-state index in [-0.39, 0.29) is 43.5 Å². The molecule has 0 radical (unpaired) electrons. The Morgan fingerprint density at radius 2 is 1.91 bits per heavy atom. The van der Waals surface area contributed by atoms with E-state index in [2.05, 4.69) is 5.32 Å². The highest BCUT2D eigenvalue weighted by molar-refractivity contribution is 6.30. The number of para-hydroxylation sites is 2. The van der Waals surface area contributed by atoms with Gasteiger partial charge in [0.15, 0.2) is 0 Å². The lowest BCUT2D eigenvalue weighted by Crippen LogP contribution is -2.43. The van der Waals surface area contributed by atoms with Crippen molar-refractivity contribution >= 4 is 41.6 Å². The molecule has 0 spiro atoms. The maximum Gasteiger partial charge on any atom is 0.323 e. The first-order valence-corrected chi connectivity index (χ1v) is 11.1. The van der Waals surface area contributed by atoms with E-state index in [0.29, 0.717) is 36.0 Å². The lowest BCUT2D eigenvalue weighted by molar-refractivity contribution is -0.146. The maximum atomic E-state index is 12.3. The second-order valence-corrected chi connectivity index (χ2v) is 8.37. The van der Waals surface area contributed by atoms with Gasteiger partial charge in [-0.15, -0.1) is 12.4 Å². The van der Waals surface area contributed by atoms with Gasteiger partial charge in [0.2, 0.25) is 5.91 Å². The van der Waals surface area contributed by atoms with Gasteiger partial charge in [-0.2, -0.15) is 0 Å². The predicted octanol–water partition coefficient (Wildman–Crippen LogP) is 3.29. The van der Waals surface area contributed by atoms with Crippen molar-refractivity contribution in [1.29, 1.82) is 0 Å². The van der Waals surface area contributed by atoms with Crippen LogP contribution in [0.4, 0.5) is 5.69 Å². The van der Waals surface area contributed by atoms with Crippen molar-refractivity contribution in [2.45, 2.75) is 38.2 Å². The SMILES string of the molecule is COC(=O)[C@@H]1C[C@@H](OCc2ccc(Cl)cc2)CN1CC(O)COc1ccccc1NC(C)=O.Cl. The minimum atomic E-state index is -0.863. The molecule has 0 bridgehead atoms. The number of carbonyl (C=O) groups excluding carboxylic acids is 2. The van der Waals surface area contributed by atoms with Crippen LogP contribution in [0.2, 0.25) is 5.02 Å². The van der Waals surface area contributed by atoms with E-state index in [1.807, 2.05) is 17.0 Å². The van der Waals surface area contributed by atoms with Gasteiger partial charge in [-0.25, -0.2) is 0 Å². The highest BCUT2D eigenvalue weighted by Gasteiger charge is 2.39. The Balaban J connectivity index is 0.00000408. The fourth-order valence-corrected chi connectivity index (χ4v) is 3.88. The Kier molecular flexibility index (Phi) is 11.1. The zero-order valence-corrected chi connectivity index (χ0v) is 20.7. The van der Waals surface area contributed by atoms with Crippen molar-refractivity contribution in [3.05, 3.63) is 59.1 Å². The van der Waals surface area contributed by atoms with Gasteiger partial charge in [0.05, 0.1) is 25.5 Å². The van der Waals surface area contributed by atoms with Gasteiger partial charge in [-0.1, -0.05) is 35.9 Å². The largest absolute Gasteiger partial charge is 0.489 e. The molecule has 2 aromatic rings. The lowest BCUT2D eigenvalue weighted by atomic mass is 10.2. The molecule has 8 nitrogen and oxygen atoms in total. The minimum absolute atomic E-state index is 0. The number of hydrogen-bond acceptors (Lipinski definition) is 7. The third-order valence-electron chi connectivity index (χ3n) is 5.31. The van der Waals surface area contributed by atoms with E-state index in [1.54, 1.807) is 36.4 Å². The van der Waals surface area contributed by atoms with Crippen LogP contribution in [0.5, 0.6) is 5.75 Å². The number of hydrogen-bond donors (Lipinski definition) is 2. The summed E-state index contributed by atoms with van der Waals surface area (Å²) in [4.78, 5) is 25.5. The van der Waals surface area contributed by atoms with Gasteiger partial charge in [0.1, 0.15) is 24.5 Å². The third kappa shape index (κ3) is 8.14. The number of nitrogens with zero attached hydrogens (tertiary/aromatic N) is 1. The number of methoxy groups -OCH3 is 1. The molecule has 10 heteroatoms. The molecule has 1 heterocycles. The molecular weight excluding hydrogens is 483 g/mol. The van der Waals surface area contributed by atoms with Crippen molar-refractivity contribution in [1.82, 2.24) is 4.90 Å². The van der Waals surface area contributed by atoms with Gasteiger partial charge >= 0.3 is 5.97 Å². The number of aliphatic hydroxyl groups is 1. The van der Waals surface area contributed by atoms with Crippen LogP contribution in [0.15, 0.2) is 48.5 Å². The summed E-state index contributed by atoms with van der Waals surface area (Å²) in [6.45, 7) is 2.50. The molecule has 0 aromatic heterocycles. The Morgan fingerprint density at radius 3 is 2.59 bits per heavy atom. The standard InChI is InChI=1S/C24H29ClN2O6.ClH/c1-16(28)26-21-5-3-4-6-23(21)33-15-19(29)12-27-13-20(11-22(27)24(30)31-2)32-14-17-7-9-18(25)10-8-17;/h3-10,19-20,22,29H,11-15H2,1-2H3,(H,26,28);1H/t19?,20-,22+;/m1./s1. The van der Waals surface area contributed by atoms with Gasteiger partial charge in [-0.3, -0.25) is 14.5 Å². The van der Waals surface area contributed by atoms with Crippen molar-refractivity contribution in [2.24, 2.45) is 0 Å². The molecule has 1 aliphatic rings. The number of likely N-dealkylation sites (tertiary alicyclic amines) is 1. The minimum Gasteiger partial charge on any atom is -0.489 e. The molecule has 2 aromatic carbocycles. The normalized spacial score (nSPS) is 18.6. The van der Waals surface area contributed by atoms with E-state index >= 15 is 0 Å². The molecule has 0 aliphatic carbocycles. The average Bonchev–Trinajstić information content (AvgIpc) is 3.19. The highest BCUT2D eigenvalue weighted by Crippen LogP contribution is 2.25. The summed E-state index contributed by atoms with van der Waals surface area (Å²) in [5.41, 5.74) is 1.51. The van der Waals surface area contributed by atoms with E-state index < -0.39 is 12.1 Å². The summed E-state index contributed by atoms with van der Waals surface area (Å²) < 4.78 is 16.7. The topological polar surface area (TPSA) is 97.3 Å². The average molecular weight is 513 g/mol. The molecule has 2 N–H and O–H groups in total. The molecule has 1 aliphatic heterocycles. The van der Waals surface area contributed by atoms with E-state index in [4.69, 9.17) is 25.8 Å². The van der Waals surface area contributed by atoms with Gasteiger partial charge in [0.25, 0.3) is 0 Å². The Labute approximate surface area is 210 Å². The summed E-state index contributed by atoms with van der Waals surface area (Å²) in [5, 5.41) is 13.9. The van der Waals surface area contributed by atoms with Crippen LogP contribution in [0, 0.1) is 0 Å². The van der Waals surface area contributed by atoms with Crippen LogP contribution < -0.4 is 10.1 Å². The lowest BCUT2D eigenvalue weighted by Gasteiger charge is -2.25. The molecule has 1 unspecified atom stereocenters. The molecule has 3 atom stereocenters. The fraction of sp³-hybridized carbons (Fsp3) is 0.417. The van der Waals surface area contributed by atoms with Crippen molar-refractivity contribution in [2.75, 3.05) is 32.1 Å². The predicted molar refractivity (Wildman–Crippen MR) is 132 cm³/mol. The number of anilines is 1. The number of aliphatic hydroxyl groups excluding tert-OH is 1. The first-order chi connectivity index (χ1) is 15.9. The summed E-state index contributed by atoms with van der Waals surface area (Å²) >= 11 is 5.92. The van der Waals surface area contributed by atoms with Crippen LogP contribution in [-0.4, -0.2) is 66.9 Å². The number of benzene rings is 2. The molecule has 3 rings (SSSR count). The van der Waals surface area contributed by atoms with Crippen molar-refractivity contribution in [3.63, 3.8) is 0 Å². The zero-order chi connectivity index (χ0) is 23.8. The third-order valence-corrected chi connectivity index (χ3v) is 5.56. The maximum absolute atomic E-state index is 12.3. The Morgan fingerprint density at radius 1 is 1.21 bits per heavy atom. The Hall–Kier alpha value is -2.36. The van der Waals surface area contributed by atoms with Gasteiger partial charge in [0, 0.05) is 31.5 Å². The summed E-state index contributed by atoms with van der Waals surface area (Å²) in [6, 6.07) is 13.9. The van der Waals surface area contributed by atoms with Crippen LogP contribution in [0.25, 0.3) is 0 Å². The zero-order valence-electron chi connectivity index (χ0n) is 19.1. The van der Waals surface area contributed by atoms with E-state index in [0.717, 1.165) is 5.56 Å². The summed E-state index contributed by atoms with van der Waals surface area (Å²) in [6.07, 6.45) is -0.574. The molecule has 186 valence electrons. The van der Waals surface area contributed by atoms with Crippen molar-refractivity contribution < 1.29 is 28.9 Å². The molecule has 1 fully saturated rings. The number of carbonyl (C=O) groups is 2. The number of nitrogens with one attached hydrogen (secondary N) is 1. The van der Waals surface area contributed by atoms with Gasteiger partial charge in [-0.05, 0) is 29.8 Å². The number of esters is 1.